The molecule has 0 fully saturated rings. The van der Waals surface area contributed by atoms with Crippen LogP contribution in [0.2, 0.25) is 0 Å². The predicted molar refractivity (Wildman–Crippen MR) is 51.6 cm³/mol. The van der Waals surface area contributed by atoms with E-state index in [1.165, 1.54) is 0 Å². The summed E-state index contributed by atoms with van der Waals surface area (Å²) in [5.41, 5.74) is 1.90. The van der Waals surface area contributed by atoms with Gasteiger partial charge in [0.05, 0.1) is 11.0 Å². The SMILES string of the molecule is O=P([O-])(O)O.[Na+].c1ccc2nccnc2c1. The molecule has 1 heterocycles. The van der Waals surface area contributed by atoms with Gasteiger partial charge in [0.1, 0.15) is 0 Å². The van der Waals surface area contributed by atoms with Gasteiger partial charge in [0.25, 0.3) is 7.82 Å². The zero-order chi connectivity index (χ0) is 11.3. The average Bonchev–Trinajstić information content (AvgIpc) is 2.16. The number of hydrogen-bond acceptors (Lipinski definition) is 4. The van der Waals surface area contributed by atoms with E-state index in [1.54, 1.807) is 12.4 Å². The predicted octanol–water partition coefficient (Wildman–Crippen LogP) is -2.93. The standard InChI is InChI=1S/C8H6N2.Na.H3O4P/c1-2-4-8-7(3-1)9-5-6-10-8;;1-5(2,3)4/h1-6H;;(H3,1,2,3,4)/q;+1;/p-1. The molecule has 16 heavy (non-hydrogen) atoms. The second kappa shape index (κ2) is 7.09. The van der Waals surface area contributed by atoms with Crippen molar-refractivity contribution in [3.8, 4) is 0 Å². The van der Waals surface area contributed by atoms with Crippen LogP contribution in [0.5, 0.6) is 0 Å². The molecule has 0 unspecified atom stereocenters. The van der Waals surface area contributed by atoms with Crippen LogP contribution in [0.1, 0.15) is 0 Å². The zero-order valence-corrected chi connectivity index (χ0v) is 11.4. The Hall–Kier alpha value is -0.330. The molecular formula is C8H8N2NaO4P. The minimum atomic E-state index is -4.89. The van der Waals surface area contributed by atoms with Crippen LogP contribution in [0.25, 0.3) is 11.0 Å². The van der Waals surface area contributed by atoms with E-state index in [4.69, 9.17) is 19.2 Å². The molecule has 0 radical (unpaired) electrons. The number of fused-ring (bicyclic) bond motifs is 1. The molecule has 8 heteroatoms. The second-order valence-electron chi connectivity index (χ2n) is 2.54. The number of phosphoric acid groups is 1. The molecule has 2 aromatic rings. The maximum atomic E-state index is 8.77. The summed E-state index contributed by atoms with van der Waals surface area (Å²) in [6.45, 7) is 0. The van der Waals surface area contributed by atoms with Crippen molar-refractivity contribution in [3.63, 3.8) is 0 Å². The Morgan fingerprint density at radius 1 is 1.06 bits per heavy atom. The minimum absolute atomic E-state index is 0. The van der Waals surface area contributed by atoms with Crippen molar-refractivity contribution >= 4 is 18.9 Å². The Kier molecular flexibility index (Phi) is 6.94. The Bertz CT molecular complexity index is 416. The monoisotopic (exact) mass is 250 g/mol. The molecular weight excluding hydrogens is 242 g/mol. The maximum Gasteiger partial charge on any atom is 1.00 e. The van der Waals surface area contributed by atoms with Crippen LogP contribution in [0, 0.1) is 0 Å². The zero-order valence-electron chi connectivity index (χ0n) is 8.52. The van der Waals surface area contributed by atoms with Crippen LogP contribution in [-0.2, 0) is 4.57 Å². The van der Waals surface area contributed by atoms with Gasteiger partial charge >= 0.3 is 29.6 Å². The molecule has 0 atom stereocenters. The van der Waals surface area contributed by atoms with E-state index in [2.05, 4.69) is 9.97 Å². The fourth-order valence-electron chi connectivity index (χ4n) is 0.910. The van der Waals surface area contributed by atoms with E-state index in [0.29, 0.717) is 0 Å². The molecule has 1 aromatic heterocycles. The topological polar surface area (TPSA) is 106 Å². The molecule has 0 saturated carbocycles. The molecule has 0 bridgehead atoms. The van der Waals surface area contributed by atoms with E-state index in [0.717, 1.165) is 11.0 Å². The number of aromatic nitrogens is 2. The quantitative estimate of drug-likeness (QED) is 0.383. The van der Waals surface area contributed by atoms with E-state index < -0.39 is 7.82 Å². The molecule has 0 aliphatic heterocycles. The molecule has 0 aliphatic carbocycles. The van der Waals surface area contributed by atoms with Crippen molar-refractivity contribution in [2.75, 3.05) is 0 Å². The van der Waals surface area contributed by atoms with Gasteiger partial charge in [-0.1, -0.05) is 12.1 Å². The second-order valence-corrected chi connectivity index (χ2v) is 3.52. The Balaban J connectivity index is 0.000000330. The molecule has 2 N–H and O–H groups in total. The van der Waals surface area contributed by atoms with Gasteiger partial charge in [-0.3, -0.25) is 14.5 Å². The van der Waals surface area contributed by atoms with E-state index >= 15 is 0 Å². The number of para-hydroxylation sites is 2. The van der Waals surface area contributed by atoms with Crippen molar-refractivity contribution < 1.29 is 48.8 Å². The third kappa shape index (κ3) is 7.03. The minimum Gasteiger partial charge on any atom is -0.756 e. The smallest absolute Gasteiger partial charge is 0.756 e. The molecule has 2 rings (SSSR count). The fourth-order valence-corrected chi connectivity index (χ4v) is 0.910. The largest absolute Gasteiger partial charge is 1.00 e. The summed E-state index contributed by atoms with van der Waals surface area (Å²) in [7, 11) is -4.89. The Morgan fingerprint density at radius 3 is 1.69 bits per heavy atom. The molecule has 0 amide bonds. The van der Waals surface area contributed by atoms with E-state index in [-0.39, 0.29) is 29.6 Å². The summed E-state index contributed by atoms with van der Waals surface area (Å²) in [6.07, 6.45) is 3.39. The third-order valence-corrected chi connectivity index (χ3v) is 1.38. The molecule has 0 aliphatic rings. The molecule has 0 spiro atoms. The van der Waals surface area contributed by atoms with Gasteiger partial charge in [0, 0.05) is 12.4 Å². The van der Waals surface area contributed by atoms with Gasteiger partial charge in [0.15, 0.2) is 0 Å². The van der Waals surface area contributed by atoms with Gasteiger partial charge in [0.2, 0.25) is 0 Å². The van der Waals surface area contributed by atoms with Crippen LogP contribution >= 0.6 is 7.82 Å². The maximum absolute atomic E-state index is 8.77. The van der Waals surface area contributed by atoms with Crippen molar-refractivity contribution in [3.05, 3.63) is 36.7 Å². The average molecular weight is 250 g/mol. The molecule has 6 nitrogen and oxygen atoms in total. The van der Waals surface area contributed by atoms with Crippen LogP contribution in [0.15, 0.2) is 36.7 Å². The first kappa shape index (κ1) is 15.7. The van der Waals surface area contributed by atoms with Gasteiger partial charge < -0.3 is 14.7 Å². The Morgan fingerprint density at radius 2 is 1.38 bits per heavy atom. The summed E-state index contributed by atoms with van der Waals surface area (Å²) in [4.78, 5) is 31.2. The van der Waals surface area contributed by atoms with Crippen molar-refractivity contribution in [1.82, 2.24) is 9.97 Å². The van der Waals surface area contributed by atoms with Gasteiger partial charge in [-0.05, 0) is 12.1 Å². The van der Waals surface area contributed by atoms with Crippen molar-refractivity contribution in [2.24, 2.45) is 0 Å². The van der Waals surface area contributed by atoms with Gasteiger partial charge in [-0.2, -0.15) is 0 Å². The van der Waals surface area contributed by atoms with Crippen molar-refractivity contribution in [2.45, 2.75) is 0 Å². The normalized spacial score (nSPS) is 9.94. The van der Waals surface area contributed by atoms with E-state index in [9.17, 15) is 0 Å². The number of rotatable bonds is 0. The first-order valence-electron chi connectivity index (χ1n) is 3.89. The summed E-state index contributed by atoms with van der Waals surface area (Å²) in [5, 5.41) is 0. The van der Waals surface area contributed by atoms with Crippen molar-refractivity contribution in [1.29, 1.82) is 0 Å². The van der Waals surface area contributed by atoms with E-state index in [1.807, 2.05) is 24.3 Å². The molecule has 0 saturated heterocycles. The molecule has 1 aromatic carbocycles. The van der Waals surface area contributed by atoms with Crippen LogP contribution in [-0.4, -0.2) is 19.8 Å². The van der Waals surface area contributed by atoms with Gasteiger partial charge in [-0.15, -0.1) is 0 Å². The number of nitrogens with zero attached hydrogens (tertiary/aromatic N) is 2. The summed E-state index contributed by atoms with van der Waals surface area (Å²) in [6, 6.07) is 7.80. The van der Waals surface area contributed by atoms with Crippen LogP contribution in [0.4, 0.5) is 0 Å². The fraction of sp³-hybridized carbons (Fsp3) is 0. The molecule has 80 valence electrons. The van der Waals surface area contributed by atoms with Crippen LogP contribution < -0.4 is 34.5 Å². The number of hydrogen-bond donors (Lipinski definition) is 2. The first-order chi connectivity index (χ1) is 6.97. The van der Waals surface area contributed by atoms with Gasteiger partial charge in [-0.25, -0.2) is 0 Å². The summed E-state index contributed by atoms with van der Waals surface area (Å²) < 4.78 is 8.77. The van der Waals surface area contributed by atoms with Crippen LogP contribution in [0.3, 0.4) is 0 Å². The summed E-state index contributed by atoms with van der Waals surface area (Å²) >= 11 is 0. The number of benzene rings is 1. The first-order valence-corrected chi connectivity index (χ1v) is 5.42. The Labute approximate surface area is 114 Å². The summed E-state index contributed by atoms with van der Waals surface area (Å²) in [5.74, 6) is 0. The third-order valence-electron chi connectivity index (χ3n) is 1.38.